The first-order valence-corrected chi connectivity index (χ1v) is 6.84. The maximum Gasteiger partial charge on any atom is 0.186 e. The summed E-state index contributed by atoms with van der Waals surface area (Å²) in [4.78, 5) is 10.3. The van der Waals surface area contributed by atoms with Gasteiger partial charge in [-0.25, -0.2) is 0 Å². The molecule has 0 bridgehead atoms. The summed E-state index contributed by atoms with van der Waals surface area (Å²) in [5.74, 6) is 0. The second-order valence-corrected chi connectivity index (χ2v) is 5.21. The Hall–Kier alpha value is -0.730. The van der Waals surface area contributed by atoms with E-state index in [4.69, 9.17) is 19.7 Å². The quantitative estimate of drug-likeness (QED) is 0.196. The van der Waals surface area contributed by atoms with E-state index in [0.717, 1.165) is 0 Å². The van der Waals surface area contributed by atoms with Crippen LogP contribution in [0.5, 0.6) is 0 Å². The fourth-order valence-corrected chi connectivity index (χ4v) is 2.01. The molecule has 23 heavy (non-hydrogen) atoms. The van der Waals surface area contributed by atoms with Crippen LogP contribution in [0.2, 0.25) is 0 Å². The van der Waals surface area contributed by atoms with Crippen molar-refractivity contribution in [1.29, 1.82) is 0 Å². The van der Waals surface area contributed by atoms with Crippen molar-refractivity contribution < 1.29 is 55.1 Å². The van der Waals surface area contributed by atoms with E-state index in [1.165, 1.54) is 0 Å². The minimum absolute atomic E-state index is 0.0287. The molecule has 0 saturated carbocycles. The van der Waals surface area contributed by atoms with E-state index < -0.39 is 68.3 Å². The minimum Gasteiger partial charge on any atom is -0.394 e. The van der Waals surface area contributed by atoms with Gasteiger partial charge in [-0.15, -0.1) is 0 Å². The van der Waals surface area contributed by atoms with Gasteiger partial charge in [0.1, 0.15) is 48.8 Å². The number of carbonyl (C=O) groups is 1. The van der Waals surface area contributed by atoms with Crippen LogP contribution in [0.25, 0.3) is 0 Å². The zero-order valence-corrected chi connectivity index (χ0v) is 12.0. The van der Waals surface area contributed by atoms with Gasteiger partial charge in [-0.3, -0.25) is 0 Å². The third-order valence-corrected chi connectivity index (χ3v) is 3.51. The van der Waals surface area contributed by atoms with Gasteiger partial charge in [0.2, 0.25) is 0 Å². The second kappa shape index (κ2) is 8.94. The van der Waals surface area contributed by atoms with Gasteiger partial charge in [0, 0.05) is 0 Å². The highest BCUT2D eigenvalue weighted by Crippen LogP contribution is 2.22. The molecule has 9 atom stereocenters. The first-order valence-electron chi connectivity index (χ1n) is 6.84. The van der Waals surface area contributed by atoms with E-state index >= 15 is 0 Å². The molecule has 1 aliphatic rings. The molecule has 0 spiro atoms. The molecule has 1 aliphatic heterocycles. The molecule has 0 radical (unpaired) electrons. The van der Waals surface area contributed by atoms with Crippen molar-refractivity contribution in [2.75, 3.05) is 13.2 Å². The lowest BCUT2D eigenvalue weighted by Gasteiger charge is -2.40. The van der Waals surface area contributed by atoms with Crippen molar-refractivity contribution in [3.63, 3.8) is 0 Å². The predicted octanol–water partition coefficient (Wildman–Crippen LogP) is -5.55. The fourth-order valence-electron chi connectivity index (χ4n) is 2.01. The van der Waals surface area contributed by atoms with E-state index in [-0.39, 0.29) is 6.29 Å². The van der Waals surface area contributed by atoms with E-state index in [1.807, 2.05) is 0 Å². The van der Waals surface area contributed by atoms with Gasteiger partial charge in [0.25, 0.3) is 0 Å². The van der Waals surface area contributed by atoms with Crippen molar-refractivity contribution >= 4 is 6.29 Å². The Morgan fingerprint density at radius 1 is 1.00 bits per heavy atom. The highest BCUT2D eigenvalue weighted by molar-refractivity contribution is 5.56. The van der Waals surface area contributed by atoms with Crippen molar-refractivity contribution in [3.05, 3.63) is 0 Å². The van der Waals surface area contributed by atoms with Crippen LogP contribution in [0.15, 0.2) is 0 Å². The molecule has 8 N–H and O–H groups in total. The second-order valence-electron chi connectivity index (χ2n) is 5.21. The van der Waals surface area contributed by atoms with Crippen molar-refractivity contribution in [2.24, 2.45) is 0 Å². The van der Waals surface area contributed by atoms with Crippen molar-refractivity contribution in [1.82, 2.24) is 0 Å². The van der Waals surface area contributed by atoms with Crippen LogP contribution >= 0.6 is 0 Å². The molecule has 136 valence electrons. The number of rotatable bonds is 8. The lowest BCUT2D eigenvalue weighted by molar-refractivity contribution is -0.306. The molecule has 1 fully saturated rings. The number of ether oxygens (including phenoxy) is 2. The average molecular weight is 342 g/mol. The summed E-state index contributed by atoms with van der Waals surface area (Å²) in [7, 11) is 0. The lowest BCUT2D eigenvalue weighted by Crippen LogP contribution is -2.59. The Labute approximate surface area is 130 Å². The Bertz CT molecular complexity index is 365. The monoisotopic (exact) mass is 342 g/mol. The van der Waals surface area contributed by atoms with Crippen LogP contribution in [0.1, 0.15) is 0 Å². The van der Waals surface area contributed by atoms with Crippen LogP contribution in [0, 0.1) is 0 Å². The van der Waals surface area contributed by atoms with Crippen molar-refractivity contribution in [2.45, 2.75) is 55.1 Å². The number of aldehydes is 1. The Balaban J connectivity index is 2.57. The minimum atomic E-state index is -1.96. The highest BCUT2D eigenvalue weighted by Gasteiger charge is 2.44. The van der Waals surface area contributed by atoms with E-state index in [2.05, 4.69) is 0 Å². The van der Waals surface area contributed by atoms with Gasteiger partial charge in [-0.2, -0.15) is 0 Å². The molecule has 0 amide bonds. The summed E-state index contributed by atoms with van der Waals surface area (Å²) >= 11 is 0. The zero-order valence-electron chi connectivity index (χ0n) is 12.0. The summed E-state index contributed by atoms with van der Waals surface area (Å²) in [6, 6.07) is 0. The van der Waals surface area contributed by atoms with Gasteiger partial charge in [-0.1, -0.05) is 0 Å². The molecule has 1 heterocycles. The lowest BCUT2D eigenvalue weighted by atomic mass is 9.99. The smallest absolute Gasteiger partial charge is 0.186 e. The molecular weight excluding hydrogens is 320 g/mol. The number of hydrogen-bond acceptors (Lipinski definition) is 11. The van der Waals surface area contributed by atoms with E-state index in [0.29, 0.717) is 0 Å². The molecule has 0 aliphatic carbocycles. The van der Waals surface area contributed by atoms with Crippen molar-refractivity contribution in [3.8, 4) is 0 Å². The van der Waals surface area contributed by atoms with Gasteiger partial charge in [0.15, 0.2) is 12.6 Å². The molecule has 1 saturated heterocycles. The van der Waals surface area contributed by atoms with Crippen LogP contribution in [0.3, 0.4) is 0 Å². The number of aliphatic hydroxyl groups is 8. The number of carbonyl (C=O) groups excluding carboxylic acids is 1. The van der Waals surface area contributed by atoms with Crippen LogP contribution < -0.4 is 0 Å². The SMILES string of the molecule is O=CC(O)C(O)C(O)C(O)CO[C@@H]1O[C@H](CO)[C@@H](O)[C@H](O)[C@H]1O. The largest absolute Gasteiger partial charge is 0.394 e. The first-order chi connectivity index (χ1) is 10.7. The first kappa shape index (κ1) is 20.3. The molecule has 0 aromatic heterocycles. The third kappa shape index (κ3) is 4.87. The summed E-state index contributed by atoms with van der Waals surface area (Å²) in [5, 5.41) is 75.4. The summed E-state index contributed by atoms with van der Waals surface area (Å²) in [6.07, 6.45) is -15.3. The summed E-state index contributed by atoms with van der Waals surface area (Å²) < 4.78 is 9.94. The third-order valence-electron chi connectivity index (χ3n) is 3.51. The van der Waals surface area contributed by atoms with Crippen LogP contribution in [0.4, 0.5) is 0 Å². The number of hydrogen-bond donors (Lipinski definition) is 8. The van der Waals surface area contributed by atoms with Gasteiger partial charge < -0.3 is 55.1 Å². The molecule has 4 unspecified atom stereocenters. The maximum atomic E-state index is 10.3. The zero-order chi connectivity index (χ0) is 17.7. The van der Waals surface area contributed by atoms with Gasteiger partial charge >= 0.3 is 0 Å². The topological polar surface area (TPSA) is 197 Å². The summed E-state index contributed by atoms with van der Waals surface area (Å²) in [5.41, 5.74) is 0. The maximum absolute atomic E-state index is 10.3. The molecule has 0 aromatic carbocycles. The summed E-state index contributed by atoms with van der Waals surface area (Å²) in [6.45, 7) is -1.37. The van der Waals surface area contributed by atoms with E-state index in [9.17, 15) is 35.4 Å². The molecule has 0 aromatic rings. The standard InChI is InChI=1S/C12H22O11/c13-1-4(15)7(17)8(18)5(16)3-22-12-11(21)10(20)9(19)6(2-14)23-12/h1,4-12,14-21H,2-3H2/t4?,5?,6-,7?,8?,9-,10+,11-,12-/m1/s1. The number of aliphatic hydroxyl groups excluding tert-OH is 8. The Morgan fingerprint density at radius 3 is 2.13 bits per heavy atom. The van der Waals surface area contributed by atoms with Crippen LogP contribution in [-0.4, -0.2) is 115 Å². The average Bonchev–Trinajstić information content (AvgIpc) is 2.56. The predicted molar refractivity (Wildman–Crippen MR) is 69.8 cm³/mol. The molecular formula is C12H22O11. The van der Waals surface area contributed by atoms with Gasteiger partial charge in [-0.05, 0) is 0 Å². The molecule has 1 rings (SSSR count). The van der Waals surface area contributed by atoms with Gasteiger partial charge in [0.05, 0.1) is 13.2 Å². The fraction of sp³-hybridized carbons (Fsp3) is 0.917. The highest BCUT2D eigenvalue weighted by atomic mass is 16.7. The normalized spacial score (nSPS) is 37.0. The Kier molecular flexibility index (Phi) is 7.89. The van der Waals surface area contributed by atoms with Crippen LogP contribution in [-0.2, 0) is 14.3 Å². The Morgan fingerprint density at radius 2 is 1.61 bits per heavy atom. The molecule has 11 heteroatoms. The molecule has 11 nitrogen and oxygen atoms in total. The van der Waals surface area contributed by atoms with E-state index in [1.54, 1.807) is 0 Å².